The summed E-state index contributed by atoms with van der Waals surface area (Å²) in [7, 11) is 0. The van der Waals surface area contributed by atoms with Gasteiger partial charge in [0.15, 0.2) is 0 Å². The molecule has 0 aliphatic heterocycles. The van der Waals surface area contributed by atoms with Gasteiger partial charge in [0.25, 0.3) is 0 Å². The molecule has 2 rings (SSSR count). The third-order valence-corrected chi connectivity index (χ3v) is 4.13. The molecule has 0 unspecified atom stereocenters. The number of nitrogens with zero attached hydrogens (tertiary/aromatic N) is 3. The zero-order chi connectivity index (χ0) is 20.5. The third-order valence-electron chi connectivity index (χ3n) is 4.13. The van der Waals surface area contributed by atoms with E-state index in [1.54, 1.807) is 24.3 Å². The molecule has 8 heteroatoms. The van der Waals surface area contributed by atoms with Crippen LogP contribution in [0.25, 0.3) is 0 Å². The fourth-order valence-electron chi connectivity index (χ4n) is 2.40. The summed E-state index contributed by atoms with van der Waals surface area (Å²) in [5.74, 6) is -1.72. The highest BCUT2D eigenvalue weighted by Gasteiger charge is 2.09. The number of azo groups is 1. The van der Waals surface area contributed by atoms with Gasteiger partial charge in [0.05, 0.1) is 16.8 Å². The highest BCUT2D eigenvalue weighted by atomic mass is 16.5. The molecule has 0 saturated carbocycles. The number of rotatable bonds is 9. The molecule has 0 amide bonds. The first-order chi connectivity index (χ1) is 13.4. The van der Waals surface area contributed by atoms with E-state index in [1.165, 1.54) is 18.2 Å². The fourth-order valence-corrected chi connectivity index (χ4v) is 2.40. The summed E-state index contributed by atoms with van der Waals surface area (Å²) in [5.41, 5.74) is 0.878. The van der Waals surface area contributed by atoms with E-state index < -0.39 is 11.9 Å². The molecule has 0 atom stereocenters. The van der Waals surface area contributed by atoms with Gasteiger partial charge in [-0.15, -0.1) is 5.11 Å². The molecule has 28 heavy (non-hydrogen) atoms. The van der Waals surface area contributed by atoms with E-state index in [0.717, 1.165) is 13.1 Å². The normalized spacial score (nSPS) is 11.1. The molecular formula is C20H23N3O5. The van der Waals surface area contributed by atoms with Crippen LogP contribution in [-0.2, 0) is 4.74 Å². The summed E-state index contributed by atoms with van der Waals surface area (Å²) in [6.45, 7) is 6.91. The van der Waals surface area contributed by atoms with Crippen LogP contribution < -0.4 is 0 Å². The molecule has 0 radical (unpaired) electrons. The SMILES string of the molecule is CCN(CC)CCOC(=O)c1ccc(N=Nc2cc(C(=O)O)ccc2O)cc1. The number of aromatic carboxylic acids is 1. The van der Waals surface area contributed by atoms with Crippen LogP contribution >= 0.6 is 0 Å². The van der Waals surface area contributed by atoms with Crippen LogP contribution in [0.3, 0.4) is 0 Å². The van der Waals surface area contributed by atoms with Crippen LogP contribution in [-0.4, -0.2) is 53.3 Å². The largest absolute Gasteiger partial charge is 0.506 e. The standard InChI is InChI=1S/C20H23N3O5/c1-3-23(4-2)11-12-28-20(27)14-5-8-16(9-6-14)21-22-17-13-15(19(25)26)7-10-18(17)24/h5-10,13,24H,3-4,11-12H2,1-2H3,(H,25,26). The second-order valence-corrected chi connectivity index (χ2v) is 5.92. The number of ether oxygens (including phenoxy) is 1. The summed E-state index contributed by atoms with van der Waals surface area (Å²) in [6, 6.07) is 10.1. The first-order valence-corrected chi connectivity index (χ1v) is 8.92. The molecule has 0 aromatic heterocycles. The van der Waals surface area contributed by atoms with Gasteiger partial charge in [0.1, 0.15) is 18.0 Å². The number of carbonyl (C=O) groups excluding carboxylic acids is 1. The summed E-state index contributed by atoms with van der Waals surface area (Å²) in [4.78, 5) is 25.2. The van der Waals surface area contributed by atoms with Crippen LogP contribution in [0.5, 0.6) is 5.75 Å². The first kappa shape index (κ1) is 21.0. The molecule has 0 heterocycles. The Morgan fingerprint density at radius 2 is 1.64 bits per heavy atom. The maximum Gasteiger partial charge on any atom is 0.338 e. The van der Waals surface area contributed by atoms with Crippen molar-refractivity contribution >= 4 is 23.3 Å². The Morgan fingerprint density at radius 3 is 2.25 bits per heavy atom. The molecule has 0 aliphatic rings. The van der Waals surface area contributed by atoms with Crippen molar-refractivity contribution in [3.63, 3.8) is 0 Å². The van der Waals surface area contributed by atoms with Crippen molar-refractivity contribution in [1.29, 1.82) is 0 Å². The van der Waals surface area contributed by atoms with Gasteiger partial charge < -0.3 is 19.8 Å². The Bertz CT molecular complexity index is 845. The lowest BCUT2D eigenvalue weighted by Crippen LogP contribution is -2.27. The van der Waals surface area contributed by atoms with Crippen LogP contribution in [0.2, 0.25) is 0 Å². The van der Waals surface area contributed by atoms with Gasteiger partial charge in [0.2, 0.25) is 0 Å². The van der Waals surface area contributed by atoms with Crippen molar-refractivity contribution in [3.8, 4) is 5.75 Å². The summed E-state index contributed by atoms with van der Waals surface area (Å²) >= 11 is 0. The Labute approximate surface area is 163 Å². The fraction of sp³-hybridized carbons (Fsp3) is 0.300. The number of benzene rings is 2. The van der Waals surface area contributed by atoms with E-state index in [-0.39, 0.29) is 17.0 Å². The number of aromatic hydroxyl groups is 1. The number of carbonyl (C=O) groups is 2. The molecule has 0 fully saturated rings. The van der Waals surface area contributed by atoms with E-state index in [2.05, 4.69) is 29.0 Å². The molecule has 0 saturated heterocycles. The Kier molecular flexibility index (Phi) is 7.65. The number of carboxylic acids is 1. The van der Waals surface area contributed by atoms with Crippen molar-refractivity contribution < 1.29 is 24.5 Å². The lowest BCUT2D eigenvalue weighted by atomic mass is 10.2. The molecule has 0 spiro atoms. The van der Waals surface area contributed by atoms with Crippen molar-refractivity contribution in [2.45, 2.75) is 13.8 Å². The predicted molar refractivity (Wildman–Crippen MR) is 104 cm³/mol. The number of hydrogen-bond donors (Lipinski definition) is 2. The number of phenols is 1. The van der Waals surface area contributed by atoms with Crippen LogP contribution in [0, 0.1) is 0 Å². The molecule has 8 nitrogen and oxygen atoms in total. The first-order valence-electron chi connectivity index (χ1n) is 8.92. The van der Waals surface area contributed by atoms with Crippen LogP contribution in [0.1, 0.15) is 34.6 Å². The monoisotopic (exact) mass is 385 g/mol. The Balaban J connectivity index is 1.99. The molecule has 0 aliphatic carbocycles. The topological polar surface area (TPSA) is 112 Å². The van der Waals surface area contributed by atoms with Crippen molar-refractivity contribution in [2.75, 3.05) is 26.2 Å². The minimum atomic E-state index is -1.12. The average Bonchev–Trinajstić information content (AvgIpc) is 2.70. The number of carboxylic acid groups (broad SMARTS) is 1. The predicted octanol–water partition coefficient (Wildman–Crippen LogP) is 4.00. The summed E-state index contributed by atoms with van der Waals surface area (Å²) < 4.78 is 5.26. The molecule has 0 bridgehead atoms. The van der Waals surface area contributed by atoms with Gasteiger partial charge in [-0.2, -0.15) is 5.11 Å². The maximum atomic E-state index is 12.1. The second-order valence-electron chi connectivity index (χ2n) is 5.92. The minimum Gasteiger partial charge on any atom is -0.506 e. The van der Waals surface area contributed by atoms with Crippen LogP contribution in [0.4, 0.5) is 11.4 Å². The number of esters is 1. The molecule has 148 valence electrons. The number of hydrogen-bond acceptors (Lipinski definition) is 7. The Hall–Kier alpha value is -3.26. The van der Waals surface area contributed by atoms with Crippen molar-refractivity contribution in [3.05, 3.63) is 53.6 Å². The van der Waals surface area contributed by atoms with Crippen LogP contribution in [0.15, 0.2) is 52.7 Å². The zero-order valence-corrected chi connectivity index (χ0v) is 15.8. The highest BCUT2D eigenvalue weighted by molar-refractivity contribution is 5.90. The minimum absolute atomic E-state index is 0.00504. The summed E-state index contributed by atoms with van der Waals surface area (Å²) in [5, 5.41) is 26.6. The second kappa shape index (κ2) is 10.2. The quantitative estimate of drug-likeness (QED) is 0.498. The van der Waals surface area contributed by atoms with E-state index in [9.17, 15) is 14.7 Å². The lowest BCUT2D eigenvalue weighted by molar-refractivity contribution is 0.0466. The number of likely N-dealkylation sites (N-methyl/N-ethyl adjacent to an activating group) is 1. The maximum absolute atomic E-state index is 12.1. The van der Waals surface area contributed by atoms with Crippen molar-refractivity contribution in [2.24, 2.45) is 10.2 Å². The smallest absolute Gasteiger partial charge is 0.338 e. The molecule has 2 N–H and O–H groups in total. The highest BCUT2D eigenvalue weighted by Crippen LogP contribution is 2.29. The zero-order valence-electron chi connectivity index (χ0n) is 15.8. The van der Waals surface area contributed by atoms with Gasteiger partial charge in [-0.1, -0.05) is 13.8 Å². The van der Waals surface area contributed by atoms with E-state index in [4.69, 9.17) is 9.84 Å². The average molecular weight is 385 g/mol. The molecule has 2 aromatic rings. The molecular weight excluding hydrogens is 362 g/mol. The van der Waals surface area contributed by atoms with Gasteiger partial charge in [0, 0.05) is 6.54 Å². The van der Waals surface area contributed by atoms with E-state index >= 15 is 0 Å². The van der Waals surface area contributed by atoms with Crippen molar-refractivity contribution in [1.82, 2.24) is 4.90 Å². The number of phenolic OH excluding ortho intramolecular Hbond substituents is 1. The van der Waals surface area contributed by atoms with Gasteiger partial charge in [-0.3, -0.25) is 0 Å². The van der Waals surface area contributed by atoms with Gasteiger partial charge in [-0.25, -0.2) is 9.59 Å². The lowest BCUT2D eigenvalue weighted by Gasteiger charge is -2.17. The van der Waals surface area contributed by atoms with Gasteiger partial charge in [-0.05, 0) is 55.6 Å². The van der Waals surface area contributed by atoms with E-state index in [1.807, 2.05) is 0 Å². The molecule has 2 aromatic carbocycles. The summed E-state index contributed by atoms with van der Waals surface area (Å²) in [6.07, 6.45) is 0. The third kappa shape index (κ3) is 5.88. The Morgan fingerprint density at radius 1 is 1.00 bits per heavy atom. The van der Waals surface area contributed by atoms with Gasteiger partial charge >= 0.3 is 11.9 Å². The van der Waals surface area contributed by atoms with E-state index in [0.29, 0.717) is 24.4 Å².